The highest BCUT2D eigenvalue weighted by Gasteiger charge is 2.47. The normalized spacial score (nSPS) is 20.1. The third-order valence-corrected chi connectivity index (χ3v) is 6.13. The number of imidazole rings is 1. The van der Waals surface area contributed by atoms with E-state index in [9.17, 15) is 4.79 Å². The van der Waals surface area contributed by atoms with E-state index in [2.05, 4.69) is 21.8 Å². The van der Waals surface area contributed by atoms with Crippen molar-refractivity contribution in [2.75, 3.05) is 6.54 Å². The summed E-state index contributed by atoms with van der Waals surface area (Å²) >= 11 is 1.60. The number of aryl methyl sites for hydroxylation is 1. The number of aromatic nitrogens is 2. The minimum atomic E-state index is -0.180. The van der Waals surface area contributed by atoms with Gasteiger partial charge < -0.3 is 9.88 Å². The van der Waals surface area contributed by atoms with Crippen LogP contribution in [0, 0.1) is 6.92 Å². The maximum atomic E-state index is 13.1. The summed E-state index contributed by atoms with van der Waals surface area (Å²) in [7, 11) is 0. The van der Waals surface area contributed by atoms with Gasteiger partial charge in [-0.05, 0) is 31.9 Å². The average molecular weight is 315 g/mol. The van der Waals surface area contributed by atoms with Gasteiger partial charge in [0.25, 0.3) is 5.91 Å². The quantitative estimate of drug-likeness (QED) is 0.873. The molecule has 116 valence electrons. The molecule has 5 heteroatoms. The molecule has 1 N–H and O–H groups in total. The molecule has 1 amide bonds. The highest BCUT2D eigenvalue weighted by Crippen LogP contribution is 2.45. The number of hydrogen-bond acceptors (Lipinski definition) is 3. The summed E-state index contributed by atoms with van der Waals surface area (Å²) in [5.41, 5.74) is 2.18. The van der Waals surface area contributed by atoms with Crippen molar-refractivity contribution in [2.45, 2.75) is 51.0 Å². The van der Waals surface area contributed by atoms with Crippen LogP contribution in [0.4, 0.5) is 0 Å². The highest BCUT2D eigenvalue weighted by molar-refractivity contribution is 7.13. The summed E-state index contributed by atoms with van der Waals surface area (Å²) < 4.78 is 0. The van der Waals surface area contributed by atoms with E-state index in [1.165, 1.54) is 29.8 Å². The minimum absolute atomic E-state index is 0.180. The zero-order valence-corrected chi connectivity index (χ0v) is 13.7. The first-order valence-electron chi connectivity index (χ1n) is 8.12. The van der Waals surface area contributed by atoms with Gasteiger partial charge in [0.05, 0.1) is 22.4 Å². The number of aromatic amines is 1. The first-order valence-corrected chi connectivity index (χ1v) is 8.93. The maximum absolute atomic E-state index is 13.1. The Labute approximate surface area is 134 Å². The van der Waals surface area contributed by atoms with Crippen LogP contribution in [-0.2, 0) is 12.0 Å². The Morgan fingerprint density at radius 2 is 2.14 bits per heavy atom. The first kappa shape index (κ1) is 14.0. The summed E-state index contributed by atoms with van der Waals surface area (Å²) in [6, 6.07) is 4.01. The molecule has 1 aliphatic heterocycles. The van der Waals surface area contributed by atoms with Crippen LogP contribution in [0.3, 0.4) is 0 Å². The van der Waals surface area contributed by atoms with Crippen molar-refractivity contribution < 1.29 is 4.79 Å². The number of hydrogen-bond donors (Lipinski definition) is 1. The minimum Gasteiger partial charge on any atom is -0.348 e. The molecule has 1 saturated carbocycles. The molecule has 0 radical (unpaired) electrons. The Hall–Kier alpha value is -1.62. The van der Waals surface area contributed by atoms with Gasteiger partial charge >= 0.3 is 0 Å². The Morgan fingerprint density at radius 1 is 1.32 bits per heavy atom. The number of carbonyl (C=O) groups excluding carboxylic acids is 1. The average Bonchev–Trinajstić information content (AvgIpc) is 3.17. The van der Waals surface area contributed by atoms with E-state index in [0.29, 0.717) is 0 Å². The second-order valence-electron chi connectivity index (χ2n) is 6.44. The molecular weight excluding hydrogens is 294 g/mol. The Bertz CT molecular complexity index is 696. The summed E-state index contributed by atoms with van der Waals surface area (Å²) in [5.74, 6) is 0.189. The van der Waals surface area contributed by atoms with E-state index in [-0.39, 0.29) is 11.4 Å². The summed E-state index contributed by atoms with van der Waals surface area (Å²) in [5, 5.41) is 0. The van der Waals surface area contributed by atoms with Crippen molar-refractivity contribution in [3.05, 3.63) is 39.6 Å². The number of thiophene rings is 1. The van der Waals surface area contributed by atoms with Gasteiger partial charge in [0.2, 0.25) is 0 Å². The highest BCUT2D eigenvalue weighted by atomic mass is 32.1. The van der Waals surface area contributed by atoms with E-state index in [1.807, 2.05) is 12.1 Å². The zero-order valence-electron chi connectivity index (χ0n) is 12.9. The van der Waals surface area contributed by atoms with Crippen LogP contribution in [0.2, 0.25) is 0 Å². The van der Waals surface area contributed by atoms with Gasteiger partial charge in [-0.25, -0.2) is 4.98 Å². The molecule has 0 saturated heterocycles. The predicted molar refractivity (Wildman–Crippen MR) is 87.1 cm³/mol. The van der Waals surface area contributed by atoms with Crippen molar-refractivity contribution >= 4 is 17.2 Å². The molecule has 2 aromatic rings. The monoisotopic (exact) mass is 315 g/mol. The Balaban J connectivity index is 1.76. The van der Waals surface area contributed by atoms with Gasteiger partial charge in [0.1, 0.15) is 0 Å². The van der Waals surface area contributed by atoms with Crippen LogP contribution in [0.5, 0.6) is 0 Å². The van der Waals surface area contributed by atoms with Gasteiger partial charge in [0, 0.05) is 23.5 Å². The number of fused-ring (bicyclic) bond motifs is 2. The Morgan fingerprint density at radius 3 is 2.86 bits per heavy atom. The van der Waals surface area contributed by atoms with E-state index in [1.54, 1.807) is 17.7 Å². The third kappa shape index (κ3) is 2.02. The van der Waals surface area contributed by atoms with Crippen molar-refractivity contribution in [2.24, 2.45) is 0 Å². The molecule has 0 aromatic carbocycles. The lowest BCUT2D eigenvalue weighted by Gasteiger charge is -2.48. The molecule has 4 rings (SSSR count). The molecule has 2 aliphatic rings. The third-order valence-electron chi connectivity index (χ3n) is 5.14. The van der Waals surface area contributed by atoms with Crippen LogP contribution < -0.4 is 0 Å². The molecule has 1 aliphatic carbocycles. The first-order chi connectivity index (χ1) is 10.7. The summed E-state index contributed by atoms with van der Waals surface area (Å²) in [4.78, 5) is 25.2. The number of amides is 1. The van der Waals surface area contributed by atoms with E-state index in [4.69, 9.17) is 0 Å². The van der Waals surface area contributed by atoms with Crippen LogP contribution in [0.25, 0.3) is 0 Å². The molecule has 22 heavy (non-hydrogen) atoms. The molecule has 3 heterocycles. The summed E-state index contributed by atoms with van der Waals surface area (Å²) in [6.07, 6.45) is 8.39. The van der Waals surface area contributed by atoms with Crippen molar-refractivity contribution in [1.82, 2.24) is 14.9 Å². The Kier molecular flexibility index (Phi) is 3.33. The molecule has 4 nitrogen and oxygen atoms in total. The molecule has 1 fully saturated rings. The molecule has 0 atom stereocenters. The van der Waals surface area contributed by atoms with Crippen molar-refractivity contribution in [3.63, 3.8) is 0 Å². The largest absolute Gasteiger partial charge is 0.348 e. The van der Waals surface area contributed by atoms with E-state index < -0.39 is 0 Å². The van der Waals surface area contributed by atoms with Crippen molar-refractivity contribution in [3.8, 4) is 0 Å². The fourth-order valence-electron chi connectivity index (χ4n) is 4.10. The van der Waals surface area contributed by atoms with Crippen LogP contribution in [0.15, 0.2) is 18.5 Å². The number of rotatable bonds is 1. The smallest absolute Gasteiger partial charge is 0.264 e. The number of H-pyrrole nitrogens is 1. The maximum Gasteiger partial charge on any atom is 0.264 e. The van der Waals surface area contributed by atoms with Gasteiger partial charge in [-0.2, -0.15) is 0 Å². The summed E-state index contributed by atoms with van der Waals surface area (Å²) in [6.45, 7) is 2.85. The second-order valence-corrected chi connectivity index (χ2v) is 7.73. The predicted octanol–water partition coefficient (Wildman–Crippen LogP) is 3.64. The lowest BCUT2D eigenvalue weighted by Crippen LogP contribution is -2.54. The lowest BCUT2D eigenvalue weighted by atomic mass is 9.75. The fourth-order valence-corrected chi connectivity index (χ4v) is 4.92. The molecule has 1 spiro atoms. The standard InChI is InChI=1S/C17H21N3OS/c1-12-5-6-14(22-12)16(21)20-10-7-13-15(19-11-18-13)17(20)8-3-2-4-9-17/h5-6,11H,2-4,7-10H2,1H3,(H,18,19). The van der Waals surface area contributed by atoms with Gasteiger partial charge in [-0.1, -0.05) is 19.3 Å². The topological polar surface area (TPSA) is 49.0 Å². The number of carbonyl (C=O) groups is 1. The molecule has 2 aromatic heterocycles. The fraction of sp³-hybridized carbons (Fsp3) is 0.529. The molecular formula is C17H21N3OS. The van der Waals surface area contributed by atoms with Crippen LogP contribution >= 0.6 is 11.3 Å². The van der Waals surface area contributed by atoms with E-state index in [0.717, 1.165) is 36.4 Å². The van der Waals surface area contributed by atoms with Crippen LogP contribution in [-0.4, -0.2) is 27.3 Å². The van der Waals surface area contributed by atoms with Crippen LogP contribution in [0.1, 0.15) is 58.0 Å². The second kappa shape index (κ2) is 5.23. The number of nitrogens with one attached hydrogen (secondary N) is 1. The van der Waals surface area contributed by atoms with Gasteiger partial charge in [-0.3, -0.25) is 4.79 Å². The molecule has 0 bridgehead atoms. The number of nitrogens with zero attached hydrogens (tertiary/aromatic N) is 2. The van der Waals surface area contributed by atoms with Crippen molar-refractivity contribution in [1.29, 1.82) is 0 Å². The SMILES string of the molecule is Cc1ccc(C(=O)N2CCc3[nH]cnc3C23CCCCC3)s1. The van der Waals surface area contributed by atoms with Gasteiger partial charge in [0.15, 0.2) is 0 Å². The zero-order chi connectivity index (χ0) is 15.2. The molecule has 0 unspecified atom stereocenters. The van der Waals surface area contributed by atoms with Gasteiger partial charge in [-0.15, -0.1) is 11.3 Å². The lowest BCUT2D eigenvalue weighted by molar-refractivity contribution is 0.0252. The van der Waals surface area contributed by atoms with E-state index >= 15 is 0 Å².